The average Bonchev–Trinajstić information content (AvgIpc) is 3.40. The van der Waals surface area contributed by atoms with Crippen LogP contribution in [0.1, 0.15) is 0 Å². The zero-order chi connectivity index (χ0) is 27.3. The van der Waals surface area contributed by atoms with Gasteiger partial charge in [0.05, 0.1) is 13.1 Å². The summed E-state index contributed by atoms with van der Waals surface area (Å²) in [6.07, 6.45) is 0. The van der Waals surface area contributed by atoms with Crippen LogP contribution < -0.4 is 10.6 Å². The number of aryl methyl sites for hydroxylation is 2. The Labute approximate surface area is 192 Å². The molecule has 2 rings (SSSR count). The summed E-state index contributed by atoms with van der Waals surface area (Å²) in [7, 11) is 0. The number of nitrogens with one attached hydrogen (secondary N) is 2. The zero-order valence-electron chi connectivity index (χ0n) is 17.0. The average molecular weight is 522 g/mol. The fourth-order valence-electron chi connectivity index (χ4n) is 2.34. The molecule has 0 bridgehead atoms. The van der Waals surface area contributed by atoms with Crippen molar-refractivity contribution < 1.29 is 29.5 Å². The van der Waals surface area contributed by atoms with Crippen molar-refractivity contribution in [2.75, 3.05) is 23.7 Å². The van der Waals surface area contributed by atoms with Gasteiger partial charge in [-0.1, -0.05) is 10.2 Å². The minimum Gasteiger partial charge on any atom is -0.332 e. The number of aromatic nitrogens is 8. The summed E-state index contributed by atoms with van der Waals surface area (Å²) in [4.78, 5) is 55.6. The highest BCUT2D eigenvalue weighted by Crippen LogP contribution is 2.15. The number of nitrogens with zero attached hydrogens (tertiary/aromatic N) is 14. The Morgan fingerprint density at radius 3 is 1.11 bits per heavy atom. The molecule has 0 radical (unpaired) electrons. The fraction of sp³-hybridized carbons (Fsp3) is 0.750. The molecule has 0 saturated heterocycles. The first-order valence-electron chi connectivity index (χ1n) is 8.67. The molecular formula is C8H10N16O12. The first-order valence-corrected chi connectivity index (χ1v) is 8.67. The highest BCUT2D eigenvalue weighted by Gasteiger charge is 2.71. The molecule has 194 valence electrons. The van der Waals surface area contributed by atoms with Gasteiger partial charge in [0.2, 0.25) is 25.0 Å². The first-order chi connectivity index (χ1) is 16.8. The maximum Gasteiger partial charge on any atom is 0.717 e. The summed E-state index contributed by atoms with van der Waals surface area (Å²) in [6.45, 7) is -3.63. The summed E-state index contributed by atoms with van der Waals surface area (Å²) in [6, 6.07) is 0. The molecule has 0 spiro atoms. The Bertz CT molecular complexity index is 1040. The number of hydrogen-bond acceptors (Lipinski definition) is 20. The number of tetrazole rings is 2. The van der Waals surface area contributed by atoms with Crippen LogP contribution in [0.2, 0.25) is 0 Å². The number of rotatable bonds is 15. The standard InChI is InChI=1S/C8H10N16O12/c25-19(26)7(20(27)28,21(29)30)3-9-5-11-13-15-17(5)1-2-18-6(12-14-16-18)10-4-8(22(31)32,23(33)34)24(35)36/h1-4H2,(H,9,11,15)(H,10,12,16). The molecule has 0 aliphatic rings. The van der Waals surface area contributed by atoms with E-state index < -0.39 is 66.1 Å². The first kappa shape index (κ1) is 26.4. The lowest BCUT2D eigenvalue weighted by Gasteiger charge is -2.11. The van der Waals surface area contributed by atoms with Crippen LogP contribution in [0.15, 0.2) is 0 Å². The lowest BCUT2D eigenvalue weighted by Crippen LogP contribution is -2.58. The molecular weight excluding hydrogens is 512 g/mol. The summed E-state index contributed by atoms with van der Waals surface area (Å²) < 4.78 is 1.62. The van der Waals surface area contributed by atoms with E-state index in [1.165, 1.54) is 0 Å². The van der Waals surface area contributed by atoms with Crippen molar-refractivity contribution in [3.63, 3.8) is 0 Å². The van der Waals surface area contributed by atoms with E-state index in [4.69, 9.17) is 0 Å². The SMILES string of the molecule is O=[N+]([O-])C(CNc1nnnn1CCn1nnnc1NCC([N+](=O)[O-])([N+](=O)[O-])[N+](=O)[O-])([N+](=O)[O-])[N+](=O)[O-]. The normalized spacial score (nSPS) is 11.4. The molecule has 36 heavy (non-hydrogen) atoms. The summed E-state index contributed by atoms with van der Waals surface area (Å²) in [5.74, 6) is -8.72. The van der Waals surface area contributed by atoms with E-state index in [2.05, 4.69) is 31.1 Å². The molecule has 0 atom stereocenters. The molecule has 28 heteroatoms. The van der Waals surface area contributed by atoms with E-state index in [9.17, 15) is 60.7 Å². The van der Waals surface area contributed by atoms with Crippen molar-refractivity contribution in [3.05, 3.63) is 60.7 Å². The predicted octanol–water partition coefficient (Wildman–Crippen LogP) is -3.85. The quantitative estimate of drug-likeness (QED) is 0.128. The van der Waals surface area contributed by atoms with Crippen molar-refractivity contribution in [1.29, 1.82) is 0 Å². The second-order valence-electron chi connectivity index (χ2n) is 6.25. The van der Waals surface area contributed by atoms with Gasteiger partial charge in [0.25, 0.3) is 0 Å². The van der Waals surface area contributed by atoms with Gasteiger partial charge < -0.3 is 10.6 Å². The van der Waals surface area contributed by atoms with Gasteiger partial charge in [-0.2, -0.15) is 0 Å². The smallest absolute Gasteiger partial charge is 0.332 e. The van der Waals surface area contributed by atoms with Crippen molar-refractivity contribution in [2.45, 2.75) is 24.7 Å². The fourth-order valence-corrected chi connectivity index (χ4v) is 2.34. The van der Waals surface area contributed by atoms with Crippen LogP contribution >= 0.6 is 0 Å². The second kappa shape index (κ2) is 9.96. The molecule has 2 heterocycles. The highest BCUT2D eigenvalue weighted by molar-refractivity contribution is 5.23. The Hall–Kier alpha value is -5.86. The molecule has 0 aliphatic carbocycles. The summed E-state index contributed by atoms with van der Waals surface area (Å²) >= 11 is 0. The van der Waals surface area contributed by atoms with Crippen LogP contribution in [0.25, 0.3) is 0 Å². The molecule has 2 aromatic heterocycles. The molecule has 2 N–H and O–H groups in total. The second-order valence-corrected chi connectivity index (χ2v) is 6.25. The van der Waals surface area contributed by atoms with Crippen LogP contribution in [-0.2, 0) is 13.1 Å². The Morgan fingerprint density at radius 1 is 0.583 bits per heavy atom. The molecule has 0 unspecified atom stereocenters. The third-order valence-corrected chi connectivity index (χ3v) is 4.31. The molecule has 28 nitrogen and oxygen atoms in total. The topological polar surface area (TPSA) is 370 Å². The predicted molar refractivity (Wildman–Crippen MR) is 100 cm³/mol. The van der Waals surface area contributed by atoms with Crippen LogP contribution in [0.5, 0.6) is 0 Å². The third-order valence-electron chi connectivity index (χ3n) is 4.31. The van der Waals surface area contributed by atoms with Gasteiger partial charge in [0, 0.05) is 0 Å². The van der Waals surface area contributed by atoms with Gasteiger partial charge in [-0.3, -0.25) is 60.7 Å². The van der Waals surface area contributed by atoms with Gasteiger partial charge >= 0.3 is 11.6 Å². The van der Waals surface area contributed by atoms with Crippen molar-refractivity contribution in [2.24, 2.45) is 0 Å². The van der Waals surface area contributed by atoms with Crippen LogP contribution in [-0.4, -0.2) is 94.6 Å². The van der Waals surface area contributed by atoms with Gasteiger partial charge in [0.1, 0.15) is 0 Å². The molecule has 0 fully saturated rings. The molecule has 0 amide bonds. The van der Waals surface area contributed by atoms with Crippen LogP contribution in [0.4, 0.5) is 11.9 Å². The van der Waals surface area contributed by atoms with E-state index in [1.54, 1.807) is 0 Å². The van der Waals surface area contributed by atoms with E-state index >= 15 is 0 Å². The Kier molecular flexibility index (Phi) is 7.30. The minimum atomic E-state index is -3.86. The highest BCUT2D eigenvalue weighted by atomic mass is 16.7. The maximum atomic E-state index is 11.0. The van der Waals surface area contributed by atoms with Gasteiger partial charge in [-0.05, 0) is 20.9 Å². The number of hydrogen-bond donors (Lipinski definition) is 2. The van der Waals surface area contributed by atoms with E-state index in [1.807, 2.05) is 10.6 Å². The van der Waals surface area contributed by atoms with Crippen LogP contribution in [0.3, 0.4) is 0 Å². The van der Waals surface area contributed by atoms with Gasteiger partial charge in [-0.15, -0.1) is 0 Å². The third kappa shape index (κ3) is 4.60. The Morgan fingerprint density at radius 2 is 0.861 bits per heavy atom. The molecule has 0 aromatic carbocycles. The number of nitro groups is 6. The molecule has 2 aromatic rings. The van der Waals surface area contributed by atoms with Crippen LogP contribution in [0, 0.1) is 60.7 Å². The monoisotopic (exact) mass is 522 g/mol. The van der Waals surface area contributed by atoms with E-state index in [-0.39, 0.29) is 13.1 Å². The Balaban J connectivity index is 2.15. The largest absolute Gasteiger partial charge is 0.717 e. The van der Waals surface area contributed by atoms with E-state index in [0.29, 0.717) is 0 Å². The summed E-state index contributed by atoms with van der Waals surface area (Å²) in [5.41, 5.74) is 0. The van der Waals surface area contributed by atoms with E-state index in [0.717, 1.165) is 9.36 Å². The van der Waals surface area contributed by atoms with Crippen molar-refractivity contribution >= 4 is 11.9 Å². The molecule has 0 aliphatic heterocycles. The van der Waals surface area contributed by atoms with Gasteiger partial charge in [0.15, 0.2) is 29.5 Å². The lowest BCUT2D eigenvalue weighted by molar-refractivity contribution is -0.965. The maximum absolute atomic E-state index is 11.0. The van der Waals surface area contributed by atoms with Crippen molar-refractivity contribution in [1.82, 2.24) is 40.4 Å². The minimum absolute atomic E-state index is 0.345. The molecule has 0 saturated carbocycles. The zero-order valence-corrected chi connectivity index (χ0v) is 17.0. The lowest BCUT2D eigenvalue weighted by atomic mass is 10.4. The van der Waals surface area contributed by atoms with Gasteiger partial charge in [-0.25, -0.2) is 9.36 Å². The number of anilines is 2. The van der Waals surface area contributed by atoms with Crippen molar-refractivity contribution in [3.8, 4) is 0 Å². The summed E-state index contributed by atoms with van der Waals surface area (Å²) in [5, 5.41) is 90.0.